The molecular formula is C16H17BN2O3. The number of carbonyl (C=O) groups excluding carboxylic acids is 1. The number of hydrogen-bond acceptors (Lipinski definition) is 4. The summed E-state index contributed by atoms with van der Waals surface area (Å²) < 4.78 is 5.14. The predicted molar refractivity (Wildman–Crippen MR) is 83.7 cm³/mol. The van der Waals surface area contributed by atoms with Crippen molar-refractivity contribution in [2.75, 3.05) is 0 Å². The molecule has 0 fully saturated rings. The summed E-state index contributed by atoms with van der Waals surface area (Å²) in [7, 11) is -0.944. The van der Waals surface area contributed by atoms with Gasteiger partial charge in [-0.15, -0.1) is 0 Å². The first kappa shape index (κ1) is 14.7. The molecule has 1 aliphatic rings. The topological polar surface area (TPSA) is 71.5 Å². The van der Waals surface area contributed by atoms with Crippen LogP contribution in [0.1, 0.15) is 40.0 Å². The second-order valence-corrected chi connectivity index (χ2v) is 5.50. The number of hydrogen-bond donors (Lipinski definition) is 2. The maximum atomic E-state index is 12.4. The van der Waals surface area contributed by atoms with Gasteiger partial charge < -0.3 is 15.0 Å². The molecule has 1 aromatic heterocycles. The van der Waals surface area contributed by atoms with E-state index < -0.39 is 7.12 Å². The monoisotopic (exact) mass is 296 g/mol. The fourth-order valence-corrected chi connectivity index (χ4v) is 2.64. The van der Waals surface area contributed by atoms with Crippen LogP contribution in [0, 0.1) is 6.92 Å². The zero-order valence-corrected chi connectivity index (χ0v) is 12.5. The van der Waals surface area contributed by atoms with Crippen LogP contribution in [-0.4, -0.2) is 23.0 Å². The zero-order chi connectivity index (χ0) is 15.7. The normalized spacial score (nSPS) is 14.6. The summed E-state index contributed by atoms with van der Waals surface area (Å²) in [5.74, 6) is -0.183. The number of amides is 1. The lowest BCUT2D eigenvalue weighted by Crippen LogP contribution is -2.31. The van der Waals surface area contributed by atoms with Gasteiger partial charge in [-0.25, -0.2) is 0 Å². The molecule has 5 nitrogen and oxygen atoms in total. The molecule has 1 aromatic carbocycles. The van der Waals surface area contributed by atoms with E-state index in [-0.39, 0.29) is 11.9 Å². The van der Waals surface area contributed by atoms with Crippen LogP contribution < -0.4 is 10.8 Å². The first-order valence-electron chi connectivity index (χ1n) is 7.20. The largest absolute Gasteiger partial charge is 0.491 e. The molecule has 2 N–H and O–H groups in total. The van der Waals surface area contributed by atoms with Gasteiger partial charge in [0.15, 0.2) is 0 Å². The van der Waals surface area contributed by atoms with Crippen molar-refractivity contribution in [2.24, 2.45) is 0 Å². The average molecular weight is 296 g/mol. The molecule has 0 saturated carbocycles. The molecule has 0 spiro atoms. The second-order valence-electron chi connectivity index (χ2n) is 5.50. The van der Waals surface area contributed by atoms with E-state index in [1.807, 2.05) is 26.0 Å². The molecule has 0 bridgehead atoms. The quantitative estimate of drug-likeness (QED) is 0.832. The number of pyridine rings is 1. The molecule has 0 saturated heterocycles. The summed E-state index contributed by atoms with van der Waals surface area (Å²) in [4.78, 5) is 16.5. The average Bonchev–Trinajstić information content (AvgIpc) is 2.88. The van der Waals surface area contributed by atoms with Crippen molar-refractivity contribution in [3.05, 3.63) is 58.9 Å². The number of nitrogens with one attached hydrogen (secondary N) is 1. The van der Waals surface area contributed by atoms with Crippen molar-refractivity contribution in [1.82, 2.24) is 10.3 Å². The van der Waals surface area contributed by atoms with E-state index in [9.17, 15) is 9.82 Å². The summed E-state index contributed by atoms with van der Waals surface area (Å²) in [6, 6.07) is 7.03. The maximum Gasteiger partial charge on any atom is 0.491 e. The lowest BCUT2D eigenvalue weighted by molar-refractivity contribution is 0.0940. The first-order chi connectivity index (χ1) is 10.6. The number of carbonyl (C=O) groups is 1. The summed E-state index contributed by atoms with van der Waals surface area (Å²) in [5, 5.41) is 12.7. The number of aryl methyl sites for hydroxylation is 1. The Hall–Kier alpha value is -2.18. The summed E-state index contributed by atoms with van der Waals surface area (Å²) in [5.41, 5.74) is 4.16. The molecule has 1 atom stereocenters. The molecule has 1 unspecified atom stereocenters. The van der Waals surface area contributed by atoms with Gasteiger partial charge in [0.05, 0.1) is 12.6 Å². The minimum absolute atomic E-state index is 0.143. The predicted octanol–water partition coefficient (Wildman–Crippen LogP) is 1.10. The van der Waals surface area contributed by atoms with Crippen LogP contribution in [0.2, 0.25) is 0 Å². The Morgan fingerprint density at radius 2 is 2.27 bits per heavy atom. The summed E-state index contributed by atoms with van der Waals surface area (Å²) in [6.45, 7) is 4.29. The van der Waals surface area contributed by atoms with E-state index in [1.165, 1.54) is 0 Å². The Morgan fingerprint density at radius 1 is 1.45 bits per heavy atom. The smallest absolute Gasteiger partial charge is 0.423 e. The molecule has 0 radical (unpaired) electrons. The van der Waals surface area contributed by atoms with E-state index in [1.54, 1.807) is 24.5 Å². The fraction of sp³-hybridized carbons (Fsp3) is 0.250. The van der Waals surface area contributed by atoms with E-state index in [0.717, 1.165) is 16.7 Å². The van der Waals surface area contributed by atoms with Crippen LogP contribution in [0.15, 0.2) is 36.7 Å². The highest BCUT2D eigenvalue weighted by molar-refractivity contribution is 6.61. The Labute approximate surface area is 129 Å². The van der Waals surface area contributed by atoms with E-state index in [2.05, 4.69) is 10.3 Å². The minimum atomic E-state index is -0.944. The van der Waals surface area contributed by atoms with Gasteiger partial charge in [0.2, 0.25) is 0 Å². The molecule has 2 aromatic rings. The van der Waals surface area contributed by atoms with E-state index in [0.29, 0.717) is 17.6 Å². The Morgan fingerprint density at radius 3 is 3.05 bits per heavy atom. The summed E-state index contributed by atoms with van der Waals surface area (Å²) >= 11 is 0. The molecular weight excluding hydrogens is 279 g/mol. The third-order valence-corrected chi connectivity index (χ3v) is 3.96. The molecule has 1 aliphatic heterocycles. The maximum absolute atomic E-state index is 12.4. The fourth-order valence-electron chi connectivity index (χ4n) is 2.64. The number of nitrogens with zero attached hydrogens (tertiary/aromatic N) is 1. The zero-order valence-electron chi connectivity index (χ0n) is 12.5. The molecule has 112 valence electrons. The van der Waals surface area contributed by atoms with Crippen LogP contribution >= 0.6 is 0 Å². The van der Waals surface area contributed by atoms with Gasteiger partial charge in [-0.1, -0.05) is 6.07 Å². The third-order valence-electron chi connectivity index (χ3n) is 3.96. The van der Waals surface area contributed by atoms with Gasteiger partial charge in [0, 0.05) is 18.0 Å². The van der Waals surface area contributed by atoms with Crippen molar-refractivity contribution < 1.29 is 14.5 Å². The minimum Gasteiger partial charge on any atom is -0.423 e. The Kier molecular flexibility index (Phi) is 3.96. The molecule has 6 heteroatoms. The standard InChI is InChI=1S/C16H17BN2O3/c1-10-5-6-18-8-14(10)11(2)19-16(20)12-3-4-13-9-22-17(21)15(13)7-12/h3-8,11,21H,9H2,1-2H3,(H,19,20). The second kappa shape index (κ2) is 5.91. The Balaban J connectivity index is 1.78. The van der Waals surface area contributed by atoms with Crippen molar-refractivity contribution in [3.8, 4) is 0 Å². The highest BCUT2D eigenvalue weighted by atomic mass is 16.5. The Bertz CT molecular complexity index is 720. The molecule has 0 aliphatic carbocycles. The van der Waals surface area contributed by atoms with Gasteiger partial charge in [0.25, 0.3) is 5.91 Å². The van der Waals surface area contributed by atoms with E-state index >= 15 is 0 Å². The van der Waals surface area contributed by atoms with Gasteiger partial charge in [-0.2, -0.15) is 0 Å². The highest BCUT2D eigenvalue weighted by Gasteiger charge is 2.28. The van der Waals surface area contributed by atoms with Gasteiger partial charge in [0.1, 0.15) is 0 Å². The number of rotatable bonds is 3. The van der Waals surface area contributed by atoms with Crippen LogP contribution in [0.25, 0.3) is 0 Å². The molecule has 22 heavy (non-hydrogen) atoms. The van der Waals surface area contributed by atoms with Gasteiger partial charge in [-0.3, -0.25) is 9.78 Å². The molecule has 2 heterocycles. The highest BCUT2D eigenvalue weighted by Crippen LogP contribution is 2.17. The van der Waals surface area contributed by atoms with Gasteiger partial charge in [-0.05, 0) is 54.2 Å². The number of fused-ring (bicyclic) bond motifs is 1. The molecule has 1 amide bonds. The third kappa shape index (κ3) is 2.75. The van der Waals surface area contributed by atoms with E-state index in [4.69, 9.17) is 4.65 Å². The van der Waals surface area contributed by atoms with Gasteiger partial charge >= 0.3 is 7.12 Å². The SMILES string of the molecule is Cc1ccncc1C(C)NC(=O)c1ccc2c(c1)B(O)OC2. The lowest BCUT2D eigenvalue weighted by Gasteiger charge is -2.16. The van der Waals surface area contributed by atoms with Crippen molar-refractivity contribution in [1.29, 1.82) is 0 Å². The summed E-state index contributed by atoms with van der Waals surface area (Å²) in [6.07, 6.45) is 3.50. The first-order valence-corrected chi connectivity index (χ1v) is 7.20. The number of benzene rings is 1. The van der Waals surface area contributed by atoms with Crippen LogP contribution in [0.5, 0.6) is 0 Å². The van der Waals surface area contributed by atoms with Crippen molar-refractivity contribution in [3.63, 3.8) is 0 Å². The van der Waals surface area contributed by atoms with Crippen LogP contribution in [-0.2, 0) is 11.3 Å². The van der Waals surface area contributed by atoms with Crippen molar-refractivity contribution >= 4 is 18.5 Å². The number of aromatic nitrogens is 1. The lowest BCUT2D eigenvalue weighted by atomic mass is 9.78. The van der Waals surface area contributed by atoms with Crippen molar-refractivity contribution in [2.45, 2.75) is 26.5 Å². The van der Waals surface area contributed by atoms with Crippen LogP contribution in [0.4, 0.5) is 0 Å². The van der Waals surface area contributed by atoms with Crippen LogP contribution in [0.3, 0.4) is 0 Å². The molecule has 3 rings (SSSR count).